The van der Waals surface area contributed by atoms with Gasteiger partial charge in [-0.25, -0.2) is 4.79 Å². The molecule has 114 valence electrons. The number of nitro groups is 1. The average molecular weight is 314 g/mol. The fourth-order valence-corrected chi connectivity index (χ4v) is 2.01. The second kappa shape index (κ2) is 8.93. The van der Waals surface area contributed by atoms with Crippen molar-refractivity contribution >= 4 is 29.3 Å². The van der Waals surface area contributed by atoms with Gasteiger partial charge in [-0.2, -0.15) is 0 Å². The highest BCUT2D eigenvalue weighted by molar-refractivity contribution is 8.00. The fraction of sp³-hybridized carbons (Fsp3) is 0.333. The smallest absolute Gasteiger partial charge is 0.329 e. The van der Waals surface area contributed by atoms with Gasteiger partial charge in [0.15, 0.2) is 0 Å². The number of nitrogens with zero attached hydrogens (tertiary/aromatic N) is 1. The fourth-order valence-electron chi connectivity index (χ4n) is 1.29. The molecule has 0 bridgehead atoms. The SMILES string of the molecule is O=C(O)COCCNC(=O)CSc1ccc([N+](=O)[O-])cc1. The van der Waals surface area contributed by atoms with Gasteiger partial charge >= 0.3 is 5.97 Å². The van der Waals surface area contributed by atoms with Crippen LogP contribution in [0.1, 0.15) is 0 Å². The summed E-state index contributed by atoms with van der Waals surface area (Å²) in [6.45, 7) is -0.0411. The van der Waals surface area contributed by atoms with Gasteiger partial charge in [-0.1, -0.05) is 0 Å². The van der Waals surface area contributed by atoms with E-state index in [-0.39, 0.29) is 30.5 Å². The molecule has 0 fully saturated rings. The summed E-state index contributed by atoms with van der Waals surface area (Å²) >= 11 is 1.25. The van der Waals surface area contributed by atoms with Gasteiger partial charge < -0.3 is 15.2 Å². The monoisotopic (exact) mass is 314 g/mol. The minimum Gasteiger partial charge on any atom is -0.480 e. The number of carboxylic acid groups (broad SMARTS) is 1. The number of carbonyl (C=O) groups excluding carboxylic acids is 1. The molecule has 21 heavy (non-hydrogen) atoms. The predicted octanol–water partition coefficient (Wildman–Crippen LogP) is 0.904. The molecule has 0 heterocycles. The normalized spacial score (nSPS) is 10.1. The van der Waals surface area contributed by atoms with Gasteiger partial charge in [0.05, 0.1) is 17.3 Å². The second-order valence-corrected chi connectivity index (χ2v) is 4.88. The molecule has 9 heteroatoms. The van der Waals surface area contributed by atoms with Crippen molar-refractivity contribution < 1.29 is 24.4 Å². The molecule has 0 aromatic heterocycles. The summed E-state index contributed by atoms with van der Waals surface area (Å²) in [7, 11) is 0. The molecule has 0 aliphatic rings. The van der Waals surface area contributed by atoms with E-state index in [4.69, 9.17) is 9.84 Å². The van der Waals surface area contributed by atoms with E-state index in [2.05, 4.69) is 5.32 Å². The first-order valence-corrected chi connectivity index (χ1v) is 6.91. The number of carboxylic acids is 1. The summed E-state index contributed by atoms with van der Waals surface area (Å²) < 4.78 is 4.76. The number of carbonyl (C=O) groups is 2. The molecular weight excluding hydrogens is 300 g/mol. The first-order chi connectivity index (χ1) is 9.99. The number of hydrogen-bond acceptors (Lipinski definition) is 6. The average Bonchev–Trinajstić information content (AvgIpc) is 2.44. The van der Waals surface area contributed by atoms with Crippen LogP contribution in [0.5, 0.6) is 0 Å². The Bertz CT molecular complexity index is 505. The Morgan fingerprint density at radius 3 is 2.57 bits per heavy atom. The standard InChI is InChI=1S/C12H14N2O6S/c15-11(13-5-6-20-7-12(16)17)8-21-10-3-1-9(2-4-10)14(18)19/h1-4H,5-8H2,(H,13,15)(H,16,17). The Kier molecular flexibility index (Phi) is 7.19. The zero-order valence-electron chi connectivity index (χ0n) is 11.0. The van der Waals surface area contributed by atoms with Crippen LogP contribution in [-0.2, 0) is 14.3 Å². The van der Waals surface area contributed by atoms with E-state index < -0.39 is 17.5 Å². The van der Waals surface area contributed by atoms with E-state index in [0.29, 0.717) is 0 Å². The number of thioether (sulfide) groups is 1. The maximum atomic E-state index is 11.5. The van der Waals surface area contributed by atoms with E-state index in [1.54, 1.807) is 12.1 Å². The highest BCUT2D eigenvalue weighted by atomic mass is 32.2. The summed E-state index contributed by atoms with van der Waals surface area (Å²) in [5.74, 6) is -1.12. The van der Waals surface area contributed by atoms with Crippen LogP contribution in [0.4, 0.5) is 5.69 Å². The third-order valence-corrected chi connectivity index (χ3v) is 3.22. The zero-order chi connectivity index (χ0) is 15.7. The van der Waals surface area contributed by atoms with Gasteiger partial charge in [0.1, 0.15) is 6.61 Å². The Morgan fingerprint density at radius 1 is 1.33 bits per heavy atom. The van der Waals surface area contributed by atoms with Gasteiger partial charge in [-0.15, -0.1) is 11.8 Å². The molecule has 1 aromatic carbocycles. The van der Waals surface area contributed by atoms with Crippen LogP contribution in [-0.4, -0.2) is 47.4 Å². The molecule has 0 spiro atoms. The van der Waals surface area contributed by atoms with Crippen molar-refractivity contribution in [1.29, 1.82) is 0 Å². The molecule has 2 N–H and O–H groups in total. The van der Waals surface area contributed by atoms with Crippen LogP contribution in [0.15, 0.2) is 29.2 Å². The molecule has 0 saturated carbocycles. The van der Waals surface area contributed by atoms with Crippen molar-refractivity contribution in [3.63, 3.8) is 0 Å². The Balaban J connectivity index is 2.20. The number of benzene rings is 1. The van der Waals surface area contributed by atoms with Gasteiger partial charge in [0.2, 0.25) is 5.91 Å². The van der Waals surface area contributed by atoms with E-state index in [0.717, 1.165) is 4.90 Å². The van der Waals surface area contributed by atoms with Gasteiger partial charge in [0.25, 0.3) is 5.69 Å². The minimum atomic E-state index is -1.06. The van der Waals surface area contributed by atoms with E-state index in [1.807, 2.05) is 0 Å². The highest BCUT2D eigenvalue weighted by Gasteiger charge is 2.06. The lowest BCUT2D eigenvalue weighted by molar-refractivity contribution is -0.384. The third-order valence-electron chi connectivity index (χ3n) is 2.21. The summed E-state index contributed by atoms with van der Waals surface area (Å²) in [5, 5.41) is 21.4. The van der Waals surface area contributed by atoms with Crippen LogP contribution < -0.4 is 5.32 Å². The second-order valence-electron chi connectivity index (χ2n) is 3.84. The lowest BCUT2D eigenvalue weighted by atomic mass is 10.3. The van der Waals surface area contributed by atoms with Crippen molar-refractivity contribution in [2.24, 2.45) is 0 Å². The largest absolute Gasteiger partial charge is 0.480 e. The number of ether oxygens (including phenoxy) is 1. The van der Waals surface area contributed by atoms with E-state index >= 15 is 0 Å². The Labute approximate surface area is 124 Å². The van der Waals surface area contributed by atoms with Crippen molar-refractivity contribution in [2.75, 3.05) is 25.5 Å². The molecular formula is C12H14N2O6S. The topological polar surface area (TPSA) is 119 Å². The van der Waals surface area contributed by atoms with Crippen molar-refractivity contribution in [3.05, 3.63) is 34.4 Å². The molecule has 1 amide bonds. The number of rotatable bonds is 9. The van der Waals surface area contributed by atoms with Crippen LogP contribution in [0.2, 0.25) is 0 Å². The third kappa shape index (κ3) is 7.28. The molecule has 8 nitrogen and oxygen atoms in total. The molecule has 1 rings (SSSR count). The first-order valence-electron chi connectivity index (χ1n) is 5.92. The van der Waals surface area contributed by atoms with Gasteiger partial charge in [-0.05, 0) is 12.1 Å². The number of nitro benzene ring substituents is 1. The molecule has 1 aromatic rings. The maximum Gasteiger partial charge on any atom is 0.329 e. The minimum absolute atomic E-state index is 0.000573. The Hall–Kier alpha value is -2.13. The lowest BCUT2D eigenvalue weighted by Crippen LogP contribution is -2.29. The number of hydrogen-bond donors (Lipinski definition) is 2. The summed E-state index contributed by atoms with van der Waals surface area (Å²) in [4.78, 5) is 32.4. The quantitative estimate of drug-likeness (QED) is 0.301. The summed E-state index contributed by atoms with van der Waals surface area (Å²) in [5.41, 5.74) is -0.000573. The number of amides is 1. The van der Waals surface area contributed by atoms with Gasteiger partial charge in [0, 0.05) is 23.6 Å². The maximum absolute atomic E-state index is 11.5. The van der Waals surface area contributed by atoms with Crippen LogP contribution in [0, 0.1) is 10.1 Å². The molecule has 0 aliphatic carbocycles. The van der Waals surface area contributed by atoms with Crippen LogP contribution in [0.25, 0.3) is 0 Å². The van der Waals surface area contributed by atoms with Gasteiger partial charge in [-0.3, -0.25) is 14.9 Å². The molecule has 0 radical (unpaired) electrons. The lowest BCUT2D eigenvalue weighted by Gasteiger charge is -2.05. The molecule has 0 aliphatic heterocycles. The van der Waals surface area contributed by atoms with E-state index in [1.165, 1.54) is 23.9 Å². The van der Waals surface area contributed by atoms with Crippen LogP contribution >= 0.6 is 11.8 Å². The van der Waals surface area contributed by atoms with Crippen molar-refractivity contribution in [2.45, 2.75) is 4.90 Å². The number of nitrogens with one attached hydrogen (secondary N) is 1. The zero-order valence-corrected chi connectivity index (χ0v) is 11.8. The van der Waals surface area contributed by atoms with Crippen molar-refractivity contribution in [1.82, 2.24) is 5.32 Å². The molecule has 0 unspecified atom stereocenters. The van der Waals surface area contributed by atoms with E-state index in [9.17, 15) is 19.7 Å². The summed E-state index contributed by atoms with van der Waals surface area (Å²) in [6.07, 6.45) is 0. The number of aliphatic carboxylic acids is 1. The molecule has 0 atom stereocenters. The summed E-state index contributed by atoms with van der Waals surface area (Å²) in [6, 6.07) is 5.90. The first kappa shape index (κ1) is 16.9. The number of non-ortho nitro benzene ring substituents is 1. The Morgan fingerprint density at radius 2 is 2.00 bits per heavy atom. The van der Waals surface area contributed by atoms with Crippen LogP contribution in [0.3, 0.4) is 0 Å². The highest BCUT2D eigenvalue weighted by Crippen LogP contribution is 2.20. The molecule has 0 saturated heterocycles. The predicted molar refractivity (Wildman–Crippen MR) is 75.3 cm³/mol. The van der Waals surface area contributed by atoms with Crippen molar-refractivity contribution in [3.8, 4) is 0 Å².